The number of hydrogen-bond donors (Lipinski definition) is 2. The highest BCUT2D eigenvalue weighted by atomic mass is 35.5. The lowest BCUT2D eigenvalue weighted by atomic mass is 10.0. The van der Waals surface area contributed by atoms with Crippen LogP contribution in [0.4, 0.5) is 11.4 Å². The lowest BCUT2D eigenvalue weighted by Crippen LogP contribution is -2.38. The number of nitrogens with zero attached hydrogens (tertiary/aromatic N) is 1. The number of halogens is 1. The van der Waals surface area contributed by atoms with Crippen LogP contribution in [0.5, 0.6) is 5.75 Å². The fourth-order valence-electron chi connectivity index (χ4n) is 2.82. The molecular formula is C15H20ClN3O2. The normalized spacial score (nSPS) is 19.6. The topological polar surface area (TPSA) is 53.6 Å². The zero-order chi connectivity index (χ0) is 14.8. The van der Waals surface area contributed by atoms with Crippen LogP contribution in [0.25, 0.3) is 0 Å². The van der Waals surface area contributed by atoms with Gasteiger partial charge >= 0.3 is 0 Å². The Morgan fingerprint density at radius 3 is 2.90 bits per heavy atom. The number of amides is 1. The van der Waals surface area contributed by atoms with Crippen LogP contribution < -0.4 is 15.4 Å². The summed E-state index contributed by atoms with van der Waals surface area (Å²) in [4.78, 5) is 13.7. The molecule has 0 aliphatic carbocycles. The predicted molar refractivity (Wildman–Crippen MR) is 84.3 cm³/mol. The van der Waals surface area contributed by atoms with Crippen LogP contribution in [0.1, 0.15) is 19.8 Å². The Kier molecular flexibility index (Phi) is 4.22. The van der Waals surface area contributed by atoms with E-state index in [-0.39, 0.29) is 12.5 Å². The number of rotatable bonds is 3. The minimum atomic E-state index is -0.147. The molecule has 2 aliphatic rings. The van der Waals surface area contributed by atoms with Crippen molar-refractivity contribution in [3.8, 4) is 5.75 Å². The van der Waals surface area contributed by atoms with Gasteiger partial charge in [-0.15, -0.1) is 0 Å². The summed E-state index contributed by atoms with van der Waals surface area (Å²) in [6, 6.07) is 4.06. The molecule has 21 heavy (non-hydrogen) atoms. The van der Waals surface area contributed by atoms with E-state index in [0.717, 1.165) is 38.2 Å². The lowest BCUT2D eigenvalue weighted by molar-refractivity contribution is -0.118. The average molecular weight is 310 g/mol. The maximum absolute atomic E-state index is 11.3. The fourth-order valence-corrected chi connectivity index (χ4v) is 3.04. The van der Waals surface area contributed by atoms with E-state index in [1.54, 1.807) is 6.07 Å². The standard InChI is InChI=1S/C15H20ClN3O2/c1-2-19-5-3-10(4-6-19)17-12-8-14-13(7-11(12)16)18-15(20)9-21-14/h7-8,10,17H,2-6,9H2,1H3,(H,18,20). The summed E-state index contributed by atoms with van der Waals surface area (Å²) in [5, 5.41) is 6.87. The molecule has 0 bridgehead atoms. The molecule has 3 rings (SSSR count). The van der Waals surface area contributed by atoms with Crippen LogP contribution in [-0.2, 0) is 4.79 Å². The monoisotopic (exact) mass is 309 g/mol. The molecule has 0 spiro atoms. The Bertz CT molecular complexity index is 542. The number of fused-ring (bicyclic) bond motifs is 1. The van der Waals surface area contributed by atoms with E-state index < -0.39 is 0 Å². The van der Waals surface area contributed by atoms with Crippen LogP contribution in [0, 0.1) is 0 Å². The molecule has 5 nitrogen and oxygen atoms in total. The number of piperidine rings is 1. The second-order valence-corrected chi connectivity index (χ2v) is 5.93. The Morgan fingerprint density at radius 2 is 2.19 bits per heavy atom. The summed E-state index contributed by atoms with van der Waals surface area (Å²) in [6.45, 7) is 5.59. The number of anilines is 2. The van der Waals surface area contributed by atoms with Gasteiger partial charge in [0.25, 0.3) is 5.91 Å². The highest BCUT2D eigenvalue weighted by molar-refractivity contribution is 6.33. The van der Waals surface area contributed by atoms with Crippen molar-refractivity contribution in [1.82, 2.24) is 4.90 Å². The predicted octanol–water partition coefficient (Wildman–Crippen LogP) is 2.57. The Morgan fingerprint density at radius 1 is 1.43 bits per heavy atom. The van der Waals surface area contributed by atoms with Gasteiger partial charge in [0.1, 0.15) is 5.75 Å². The smallest absolute Gasteiger partial charge is 0.262 e. The minimum Gasteiger partial charge on any atom is -0.482 e. The van der Waals surface area contributed by atoms with E-state index in [1.807, 2.05) is 6.07 Å². The van der Waals surface area contributed by atoms with Crippen molar-refractivity contribution < 1.29 is 9.53 Å². The van der Waals surface area contributed by atoms with Crippen molar-refractivity contribution in [3.63, 3.8) is 0 Å². The van der Waals surface area contributed by atoms with Gasteiger partial charge in [-0.25, -0.2) is 0 Å². The van der Waals surface area contributed by atoms with Crippen LogP contribution in [0.2, 0.25) is 5.02 Å². The van der Waals surface area contributed by atoms with Crippen LogP contribution in [0.15, 0.2) is 12.1 Å². The third-order valence-corrected chi connectivity index (χ3v) is 4.41. The summed E-state index contributed by atoms with van der Waals surface area (Å²) in [5.74, 6) is 0.527. The molecule has 0 atom stereocenters. The fraction of sp³-hybridized carbons (Fsp3) is 0.533. The van der Waals surface area contributed by atoms with Gasteiger partial charge in [-0.3, -0.25) is 4.79 Å². The van der Waals surface area contributed by atoms with Gasteiger partial charge in [-0.1, -0.05) is 18.5 Å². The Balaban J connectivity index is 1.70. The first-order valence-corrected chi connectivity index (χ1v) is 7.78. The summed E-state index contributed by atoms with van der Waals surface area (Å²) < 4.78 is 5.44. The number of nitrogens with one attached hydrogen (secondary N) is 2. The Labute approximate surface area is 129 Å². The maximum atomic E-state index is 11.3. The van der Waals surface area contributed by atoms with E-state index in [1.165, 1.54) is 0 Å². The van der Waals surface area contributed by atoms with Gasteiger partial charge in [-0.2, -0.15) is 0 Å². The summed E-state index contributed by atoms with van der Waals surface area (Å²) in [5.41, 5.74) is 1.52. The number of benzene rings is 1. The molecule has 1 amide bonds. The van der Waals surface area contributed by atoms with Crippen molar-refractivity contribution >= 4 is 28.9 Å². The second-order valence-electron chi connectivity index (χ2n) is 5.52. The van der Waals surface area contributed by atoms with Gasteiger partial charge in [0, 0.05) is 25.2 Å². The molecule has 0 saturated carbocycles. The van der Waals surface area contributed by atoms with Crippen LogP contribution >= 0.6 is 11.6 Å². The SMILES string of the molecule is CCN1CCC(Nc2cc3c(cc2Cl)NC(=O)CO3)CC1. The minimum absolute atomic E-state index is 0.0585. The van der Waals surface area contributed by atoms with Crippen LogP contribution in [0.3, 0.4) is 0 Å². The largest absolute Gasteiger partial charge is 0.482 e. The third kappa shape index (κ3) is 3.24. The molecule has 6 heteroatoms. The highest BCUT2D eigenvalue weighted by Gasteiger charge is 2.21. The van der Waals surface area contributed by atoms with E-state index in [0.29, 0.717) is 22.5 Å². The molecule has 2 N–H and O–H groups in total. The molecule has 1 fully saturated rings. The second kappa shape index (κ2) is 6.12. The number of hydrogen-bond acceptors (Lipinski definition) is 4. The number of likely N-dealkylation sites (tertiary alicyclic amines) is 1. The van der Waals surface area contributed by atoms with Gasteiger partial charge < -0.3 is 20.3 Å². The first-order valence-electron chi connectivity index (χ1n) is 7.41. The van der Waals surface area contributed by atoms with E-state index in [2.05, 4.69) is 22.5 Å². The Hall–Kier alpha value is -1.46. The number of carbonyl (C=O) groups is 1. The average Bonchev–Trinajstić information content (AvgIpc) is 2.49. The molecule has 1 aromatic rings. The quantitative estimate of drug-likeness (QED) is 0.901. The maximum Gasteiger partial charge on any atom is 0.262 e. The van der Waals surface area contributed by atoms with Crippen molar-refractivity contribution in [2.24, 2.45) is 0 Å². The van der Waals surface area contributed by atoms with Crippen molar-refractivity contribution in [2.75, 3.05) is 36.9 Å². The third-order valence-electron chi connectivity index (χ3n) is 4.10. The first-order chi connectivity index (χ1) is 10.2. The van der Waals surface area contributed by atoms with E-state index in [9.17, 15) is 4.79 Å². The van der Waals surface area contributed by atoms with Gasteiger partial charge in [0.2, 0.25) is 0 Å². The van der Waals surface area contributed by atoms with E-state index >= 15 is 0 Å². The van der Waals surface area contributed by atoms with Crippen molar-refractivity contribution in [1.29, 1.82) is 0 Å². The van der Waals surface area contributed by atoms with Crippen LogP contribution in [-0.4, -0.2) is 43.1 Å². The lowest BCUT2D eigenvalue weighted by Gasteiger charge is -2.32. The van der Waals surface area contributed by atoms with E-state index in [4.69, 9.17) is 16.3 Å². The number of carbonyl (C=O) groups excluding carboxylic acids is 1. The molecule has 2 heterocycles. The molecule has 0 aromatic heterocycles. The molecule has 1 saturated heterocycles. The molecule has 114 valence electrons. The summed E-state index contributed by atoms with van der Waals surface area (Å²) in [7, 11) is 0. The van der Waals surface area contributed by atoms with Crippen molar-refractivity contribution in [2.45, 2.75) is 25.8 Å². The summed E-state index contributed by atoms with van der Waals surface area (Å²) >= 11 is 6.30. The van der Waals surface area contributed by atoms with Gasteiger partial charge in [0.05, 0.1) is 16.4 Å². The van der Waals surface area contributed by atoms with Crippen molar-refractivity contribution in [3.05, 3.63) is 17.2 Å². The molecule has 2 aliphatic heterocycles. The highest BCUT2D eigenvalue weighted by Crippen LogP contribution is 2.37. The molecule has 0 radical (unpaired) electrons. The number of ether oxygens (including phenoxy) is 1. The zero-order valence-electron chi connectivity index (χ0n) is 12.1. The molecule has 0 unspecified atom stereocenters. The molecule has 1 aromatic carbocycles. The van der Waals surface area contributed by atoms with Gasteiger partial charge in [0.15, 0.2) is 6.61 Å². The summed E-state index contributed by atoms with van der Waals surface area (Å²) in [6.07, 6.45) is 2.22. The van der Waals surface area contributed by atoms with Gasteiger partial charge in [-0.05, 0) is 25.5 Å². The zero-order valence-corrected chi connectivity index (χ0v) is 12.9. The first kappa shape index (κ1) is 14.5. The molecular weight excluding hydrogens is 290 g/mol.